The molecule has 0 atom stereocenters. The third kappa shape index (κ3) is 4.29. The molecule has 5 heteroatoms. The summed E-state index contributed by atoms with van der Waals surface area (Å²) in [4.78, 5) is 14.6. The smallest absolute Gasteiger partial charge is 0.410 e. The number of hydrogen-bond acceptors (Lipinski definition) is 3. The molecule has 3 aromatic rings. The minimum absolute atomic E-state index is 0.471. The van der Waals surface area contributed by atoms with Crippen molar-refractivity contribution in [3.05, 3.63) is 88.9 Å². The molecule has 0 saturated carbocycles. The Hall–Kier alpha value is -2.98. The molecule has 1 heterocycles. The third-order valence-electron chi connectivity index (χ3n) is 4.81. The van der Waals surface area contributed by atoms with E-state index in [4.69, 9.17) is 16.3 Å². The van der Waals surface area contributed by atoms with Gasteiger partial charge in [0.05, 0.1) is 10.7 Å². The van der Waals surface area contributed by atoms with Crippen molar-refractivity contribution in [1.82, 2.24) is 0 Å². The van der Waals surface area contributed by atoms with Gasteiger partial charge in [0, 0.05) is 24.8 Å². The Labute approximate surface area is 169 Å². The summed E-state index contributed by atoms with van der Waals surface area (Å²) in [5, 5.41) is 3.15. The van der Waals surface area contributed by atoms with Gasteiger partial charge in [-0.3, -0.25) is 5.32 Å². The maximum atomic E-state index is 12.3. The average Bonchev–Trinajstić information content (AvgIpc) is 2.71. The molecule has 0 radical (unpaired) electrons. The molecule has 0 aromatic heterocycles. The van der Waals surface area contributed by atoms with Crippen LogP contribution in [0.1, 0.15) is 17.5 Å². The molecule has 1 amide bonds. The zero-order chi connectivity index (χ0) is 19.3. The lowest BCUT2D eigenvalue weighted by Crippen LogP contribution is -2.29. The van der Waals surface area contributed by atoms with Crippen LogP contribution in [0.4, 0.5) is 16.2 Å². The molecule has 1 aliphatic rings. The summed E-state index contributed by atoms with van der Waals surface area (Å²) in [6.45, 7) is 1.82. The van der Waals surface area contributed by atoms with Crippen molar-refractivity contribution in [3.8, 4) is 5.75 Å². The number of carbonyl (C=O) groups excluding carboxylic acids is 1. The van der Waals surface area contributed by atoms with E-state index in [1.165, 1.54) is 11.1 Å². The summed E-state index contributed by atoms with van der Waals surface area (Å²) in [6, 6.07) is 23.3. The Bertz CT molecular complexity index is 975. The van der Waals surface area contributed by atoms with E-state index in [0.29, 0.717) is 16.5 Å². The number of benzene rings is 3. The van der Waals surface area contributed by atoms with Gasteiger partial charge in [0.15, 0.2) is 0 Å². The number of aryl methyl sites for hydroxylation is 1. The van der Waals surface area contributed by atoms with Crippen LogP contribution in [0.2, 0.25) is 5.02 Å². The summed E-state index contributed by atoms with van der Waals surface area (Å²) in [7, 11) is 0. The van der Waals surface area contributed by atoms with E-state index in [1.54, 1.807) is 12.1 Å². The van der Waals surface area contributed by atoms with Crippen LogP contribution in [-0.2, 0) is 13.0 Å². The van der Waals surface area contributed by atoms with Crippen LogP contribution < -0.4 is 15.0 Å². The number of nitrogens with one attached hydrogen (secondary N) is 1. The lowest BCUT2D eigenvalue weighted by Gasteiger charge is -2.31. The predicted molar refractivity (Wildman–Crippen MR) is 113 cm³/mol. The molecule has 1 aliphatic heterocycles. The van der Waals surface area contributed by atoms with Crippen molar-refractivity contribution in [2.24, 2.45) is 0 Å². The van der Waals surface area contributed by atoms with E-state index < -0.39 is 6.09 Å². The third-order valence-corrected chi connectivity index (χ3v) is 5.14. The summed E-state index contributed by atoms with van der Waals surface area (Å²) in [6.07, 6.45) is 1.60. The molecule has 28 heavy (non-hydrogen) atoms. The van der Waals surface area contributed by atoms with Crippen LogP contribution in [0.25, 0.3) is 0 Å². The zero-order valence-corrected chi connectivity index (χ0v) is 16.2. The minimum atomic E-state index is -0.557. The summed E-state index contributed by atoms with van der Waals surface area (Å²) in [5.74, 6) is 0.517. The number of amides is 1. The maximum Gasteiger partial charge on any atom is 0.417 e. The lowest BCUT2D eigenvalue weighted by molar-refractivity contribution is 0.215. The summed E-state index contributed by atoms with van der Waals surface area (Å²) < 4.78 is 5.50. The van der Waals surface area contributed by atoms with Crippen molar-refractivity contribution in [3.63, 3.8) is 0 Å². The molecule has 142 valence electrons. The monoisotopic (exact) mass is 392 g/mol. The van der Waals surface area contributed by atoms with Gasteiger partial charge in [-0.25, -0.2) is 4.79 Å². The Balaban J connectivity index is 1.50. The van der Waals surface area contributed by atoms with Crippen molar-refractivity contribution in [2.75, 3.05) is 16.8 Å². The fourth-order valence-corrected chi connectivity index (χ4v) is 3.65. The molecule has 0 aliphatic carbocycles. The molecule has 3 aromatic carbocycles. The predicted octanol–water partition coefficient (Wildman–Crippen LogP) is 5.90. The number of ether oxygens (including phenoxy) is 1. The van der Waals surface area contributed by atoms with Crippen LogP contribution in [0.15, 0.2) is 72.8 Å². The fraction of sp³-hybridized carbons (Fsp3) is 0.174. The van der Waals surface area contributed by atoms with Gasteiger partial charge < -0.3 is 9.64 Å². The van der Waals surface area contributed by atoms with E-state index in [-0.39, 0.29) is 0 Å². The van der Waals surface area contributed by atoms with Crippen LogP contribution in [0.5, 0.6) is 5.75 Å². The molecule has 0 spiro atoms. The molecule has 0 bridgehead atoms. The number of fused-ring (bicyclic) bond motifs is 1. The lowest BCUT2D eigenvalue weighted by atomic mass is 10.0. The molecular weight excluding hydrogens is 372 g/mol. The minimum Gasteiger partial charge on any atom is -0.410 e. The van der Waals surface area contributed by atoms with E-state index in [1.807, 2.05) is 36.4 Å². The quantitative estimate of drug-likeness (QED) is 0.600. The van der Waals surface area contributed by atoms with Gasteiger partial charge in [0.25, 0.3) is 0 Å². The standard InChI is InChI=1S/C23H21ClN2O2/c24-20-10-4-5-11-21(20)25-23(27)28-19-13-12-18-9-6-14-26(22(18)15-19)16-17-7-2-1-3-8-17/h1-5,7-8,10-13,15H,6,9,14,16H2,(H,25,27). The second-order valence-corrected chi connectivity index (χ2v) is 7.20. The highest BCUT2D eigenvalue weighted by Gasteiger charge is 2.19. The number of para-hydroxylation sites is 1. The van der Waals surface area contributed by atoms with Crippen molar-refractivity contribution < 1.29 is 9.53 Å². The molecule has 0 fully saturated rings. The SMILES string of the molecule is O=C(Nc1ccccc1Cl)Oc1ccc2c(c1)N(Cc1ccccc1)CCC2. The first kappa shape index (κ1) is 18.4. The average molecular weight is 393 g/mol. The first-order valence-electron chi connectivity index (χ1n) is 9.34. The van der Waals surface area contributed by atoms with Crippen LogP contribution >= 0.6 is 11.6 Å². The molecule has 4 rings (SSSR count). The number of carbonyl (C=O) groups is 1. The van der Waals surface area contributed by atoms with Gasteiger partial charge in [-0.05, 0) is 42.2 Å². The van der Waals surface area contributed by atoms with Gasteiger partial charge in [0.1, 0.15) is 5.75 Å². The molecule has 1 N–H and O–H groups in total. The summed E-state index contributed by atoms with van der Waals surface area (Å²) >= 11 is 6.09. The van der Waals surface area contributed by atoms with Crippen molar-refractivity contribution in [2.45, 2.75) is 19.4 Å². The van der Waals surface area contributed by atoms with E-state index in [9.17, 15) is 4.79 Å². The van der Waals surface area contributed by atoms with Crippen LogP contribution in [-0.4, -0.2) is 12.6 Å². The largest absolute Gasteiger partial charge is 0.417 e. The highest BCUT2D eigenvalue weighted by Crippen LogP contribution is 2.32. The number of rotatable bonds is 4. The van der Waals surface area contributed by atoms with Gasteiger partial charge in [0.2, 0.25) is 0 Å². The zero-order valence-electron chi connectivity index (χ0n) is 15.4. The van der Waals surface area contributed by atoms with Crippen molar-refractivity contribution in [1.29, 1.82) is 0 Å². The van der Waals surface area contributed by atoms with Crippen molar-refractivity contribution >= 4 is 29.1 Å². The maximum absolute atomic E-state index is 12.3. The fourth-order valence-electron chi connectivity index (χ4n) is 3.47. The Morgan fingerprint density at radius 2 is 1.82 bits per heavy atom. The number of nitrogens with zero attached hydrogens (tertiary/aromatic N) is 1. The number of halogens is 1. The van der Waals surface area contributed by atoms with Crippen LogP contribution in [0.3, 0.4) is 0 Å². The van der Waals surface area contributed by atoms with Gasteiger partial charge >= 0.3 is 6.09 Å². The van der Waals surface area contributed by atoms with Gasteiger partial charge in [-0.2, -0.15) is 0 Å². The Morgan fingerprint density at radius 3 is 2.64 bits per heavy atom. The van der Waals surface area contributed by atoms with E-state index >= 15 is 0 Å². The van der Waals surface area contributed by atoms with Gasteiger partial charge in [-0.1, -0.05) is 60.1 Å². The Kier molecular flexibility index (Phi) is 5.49. The van der Waals surface area contributed by atoms with E-state index in [0.717, 1.165) is 31.6 Å². The summed E-state index contributed by atoms with van der Waals surface area (Å²) in [5.41, 5.74) is 4.19. The number of hydrogen-bond donors (Lipinski definition) is 1. The van der Waals surface area contributed by atoms with E-state index in [2.05, 4.69) is 34.5 Å². The number of anilines is 2. The normalized spacial score (nSPS) is 13.0. The second kappa shape index (κ2) is 8.36. The first-order valence-corrected chi connectivity index (χ1v) is 9.72. The van der Waals surface area contributed by atoms with Gasteiger partial charge in [-0.15, -0.1) is 0 Å². The second-order valence-electron chi connectivity index (χ2n) is 6.80. The molecule has 4 nitrogen and oxygen atoms in total. The molecule has 0 saturated heterocycles. The first-order chi connectivity index (χ1) is 13.7. The topological polar surface area (TPSA) is 41.6 Å². The Morgan fingerprint density at radius 1 is 1.04 bits per heavy atom. The molecular formula is C23H21ClN2O2. The highest BCUT2D eigenvalue weighted by atomic mass is 35.5. The molecule has 0 unspecified atom stereocenters. The van der Waals surface area contributed by atoms with Crippen LogP contribution in [0, 0.1) is 0 Å². The highest BCUT2D eigenvalue weighted by molar-refractivity contribution is 6.33.